The molecule has 0 radical (unpaired) electrons. The standard InChI is InChI=1S/C20H34N4O8/c1-4-10(2)15(21)17(28)23-16(11(3)25)18(29)22-12(7-8-14(26)27)19(30)24-9-5-6-13(24)20(31)32/h10-13,15-16,25H,4-9,21H2,1-3H3,(H,22,29)(H,23,28)(H,26,27)(H,31,32). The topological polar surface area (TPSA) is 199 Å². The van der Waals surface area contributed by atoms with Gasteiger partial charge in [-0.2, -0.15) is 0 Å². The molecule has 1 aliphatic heterocycles. The van der Waals surface area contributed by atoms with Gasteiger partial charge in [0.2, 0.25) is 17.7 Å². The van der Waals surface area contributed by atoms with E-state index in [9.17, 15) is 34.2 Å². The van der Waals surface area contributed by atoms with Crippen LogP contribution in [0.3, 0.4) is 0 Å². The van der Waals surface area contributed by atoms with Crippen molar-refractivity contribution in [3.05, 3.63) is 0 Å². The highest BCUT2D eigenvalue weighted by Gasteiger charge is 2.39. The molecule has 182 valence electrons. The quantitative estimate of drug-likeness (QED) is 0.204. The SMILES string of the molecule is CCC(C)C(N)C(=O)NC(C(=O)NC(CCC(=O)O)C(=O)N1CCCC1C(=O)O)C(C)O. The van der Waals surface area contributed by atoms with Crippen molar-refractivity contribution < 1.29 is 39.3 Å². The summed E-state index contributed by atoms with van der Waals surface area (Å²) in [5.41, 5.74) is 5.87. The van der Waals surface area contributed by atoms with Gasteiger partial charge in [0.25, 0.3) is 0 Å². The zero-order valence-electron chi connectivity index (χ0n) is 18.6. The van der Waals surface area contributed by atoms with E-state index in [2.05, 4.69) is 10.6 Å². The fourth-order valence-electron chi connectivity index (χ4n) is 3.44. The summed E-state index contributed by atoms with van der Waals surface area (Å²) in [6.07, 6.45) is -0.741. The Hall–Kier alpha value is -2.73. The van der Waals surface area contributed by atoms with Crippen LogP contribution in [0, 0.1) is 5.92 Å². The lowest BCUT2D eigenvalue weighted by Gasteiger charge is -2.29. The van der Waals surface area contributed by atoms with Crippen LogP contribution in [0.2, 0.25) is 0 Å². The number of aliphatic hydroxyl groups excluding tert-OH is 1. The molecule has 0 aromatic rings. The Morgan fingerprint density at radius 3 is 2.22 bits per heavy atom. The Morgan fingerprint density at radius 1 is 1.09 bits per heavy atom. The number of amides is 3. The second-order valence-electron chi connectivity index (χ2n) is 8.16. The molecule has 12 nitrogen and oxygen atoms in total. The molecule has 1 saturated heterocycles. The van der Waals surface area contributed by atoms with Gasteiger partial charge in [-0.25, -0.2) is 4.79 Å². The molecule has 6 atom stereocenters. The van der Waals surface area contributed by atoms with E-state index in [1.807, 2.05) is 6.92 Å². The number of carbonyl (C=O) groups excluding carboxylic acids is 3. The van der Waals surface area contributed by atoms with E-state index in [1.165, 1.54) is 6.92 Å². The van der Waals surface area contributed by atoms with Gasteiger partial charge >= 0.3 is 11.9 Å². The van der Waals surface area contributed by atoms with E-state index in [0.29, 0.717) is 12.8 Å². The fourth-order valence-corrected chi connectivity index (χ4v) is 3.44. The molecule has 0 bridgehead atoms. The molecule has 1 aliphatic rings. The van der Waals surface area contributed by atoms with Gasteiger partial charge in [0, 0.05) is 13.0 Å². The maximum atomic E-state index is 12.9. The number of aliphatic hydroxyl groups is 1. The van der Waals surface area contributed by atoms with Crippen molar-refractivity contribution in [1.29, 1.82) is 0 Å². The molecule has 0 saturated carbocycles. The predicted molar refractivity (Wildman–Crippen MR) is 112 cm³/mol. The first-order valence-electron chi connectivity index (χ1n) is 10.7. The highest BCUT2D eigenvalue weighted by molar-refractivity contribution is 5.94. The summed E-state index contributed by atoms with van der Waals surface area (Å²) in [4.78, 5) is 61.7. The smallest absolute Gasteiger partial charge is 0.326 e. The average Bonchev–Trinajstić information content (AvgIpc) is 3.22. The van der Waals surface area contributed by atoms with Gasteiger partial charge in [0.05, 0.1) is 12.1 Å². The highest BCUT2D eigenvalue weighted by Crippen LogP contribution is 2.20. The first-order chi connectivity index (χ1) is 14.9. The van der Waals surface area contributed by atoms with Crippen molar-refractivity contribution >= 4 is 29.7 Å². The van der Waals surface area contributed by atoms with Crippen LogP contribution in [0.15, 0.2) is 0 Å². The Labute approximate surface area is 186 Å². The molecule has 6 unspecified atom stereocenters. The van der Waals surface area contributed by atoms with E-state index in [0.717, 1.165) is 4.90 Å². The summed E-state index contributed by atoms with van der Waals surface area (Å²) in [5.74, 6) is -4.85. The van der Waals surface area contributed by atoms with Gasteiger partial charge in [-0.15, -0.1) is 0 Å². The number of likely N-dealkylation sites (tertiary alicyclic amines) is 1. The summed E-state index contributed by atoms with van der Waals surface area (Å²) in [6.45, 7) is 5.04. The number of nitrogens with two attached hydrogens (primary N) is 1. The molecule has 1 rings (SSSR count). The van der Waals surface area contributed by atoms with E-state index in [4.69, 9.17) is 10.8 Å². The van der Waals surface area contributed by atoms with E-state index < -0.39 is 66.4 Å². The predicted octanol–water partition coefficient (Wildman–Crippen LogP) is -1.35. The van der Waals surface area contributed by atoms with Crippen LogP contribution >= 0.6 is 0 Å². The number of carboxylic acid groups (broad SMARTS) is 2. The molecule has 3 amide bonds. The molecule has 0 aromatic heterocycles. The van der Waals surface area contributed by atoms with Crippen LogP contribution in [0.25, 0.3) is 0 Å². The molecule has 32 heavy (non-hydrogen) atoms. The molecule has 0 spiro atoms. The zero-order valence-corrected chi connectivity index (χ0v) is 18.6. The van der Waals surface area contributed by atoms with Crippen LogP contribution in [-0.4, -0.2) is 86.7 Å². The highest BCUT2D eigenvalue weighted by atomic mass is 16.4. The number of nitrogens with zero attached hydrogens (tertiary/aromatic N) is 1. The summed E-state index contributed by atoms with van der Waals surface area (Å²) in [5, 5.41) is 33.1. The maximum Gasteiger partial charge on any atom is 0.326 e. The molecule has 0 aromatic carbocycles. The zero-order chi connectivity index (χ0) is 24.6. The van der Waals surface area contributed by atoms with Gasteiger partial charge in [-0.3, -0.25) is 19.2 Å². The van der Waals surface area contributed by atoms with Crippen LogP contribution in [0.4, 0.5) is 0 Å². The molecule has 12 heteroatoms. The molecular weight excluding hydrogens is 424 g/mol. The number of hydrogen-bond acceptors (Lipinski definition) is 7. The normalized spacial score (nSPS) is 20.5. The van der Waals surface area contributed by atoms with E-state index >= 15 is 0 Å². The van der Waals surface area contributed by atoms with Crippen molar-refractivity contribution in [2.24, 2.45) is 11.7 Å². The van der Waals surface area contributed by atoms with Crippen molar-refractivity contribution in [3.63, 3.8) is 0 Å². The van der Waals surface area contributed by atoms with Crippen molar-refractivity contribution in [2.45, 2.75) is 83.1 Å². The third-order valence-electron chi connectivity index (χ3n) is 5.70. The summed E-state index contributed by atoms with van der Waals surface area (Å²) >= 11 is 0. The Balaban J connectivity index is 3.01. The average molecular weight is 459 g/mol. The summed E-state index contributed by atoms with van der Waals surface area (Å²) < 4.78 is 0. The molecule has 1 fully saturated rings. The third-order valence-corrected chi connectivity index (χ3v) is 5.70. The number of nitrogens with one attached hydrogen (secondary N) is 2. The molecule has 7 N–H and O–H groups in total. The number of carbonyl (C=O) groups is 5. The molecular formula is C20H34N4O8. The van der Waals surface area contributed by atoms with Crippen LogP contribution < -0.4 is 16.4 Å². The Kier molecular flexibility index (Phi) is 10.5. The number of rotatable bonds is 12. The maximum absolute atomic E-state index is 12.9. The minimum atomic E-state index is -1.44. The minimum absolute atomic E-state index is 0.162. The third kappa shape index (κ3) is 7.45. The summed E-state index contributed by atoms with van der Waals surface area (Å²) in [7, 11) is 0. The van der Waals surface area contributed by atoms with Gasteiger partial charge in [-0.1, -0.05) is 20.3 Å². The number of aliphatic carboxylic acids is 2. The second-order valence-corrected chi connectivity index (χ2v) is 8.16. The van der Waals surface area contributed by atoms with Crippen LogP contribution in [-0.2, 0) is 24.0 Å². The lowest BCUT2D eigenvalue weighted by molar-refractivity contribution is -0.150. The number of carboxylic acids is 2. The lowest BCUT2D eigenvalue weighted by atomic mass is 9.98. The van der Waals surface area contributed by atoms with Gasteiger partial charge < -0.3 is 36.6 Å². The fraction of sp³-hybridized carbons (Fsp3) is 0.750. The van der Waals surface area contributed by atoms with Gasteiger partial charge in [-0.05, 0) is 32.1 Å². The van der Waals surface area contributed by atoms with E-state index in [1.54, 1.807) is 6.92 Å². The first-order valence-corrected chi connectivity index (χ1v) is 10.7. The van der Waals surface area contributed by atoms with Crippen molar-refractivity contribution in [2.75, 3.05) is 6.54 Å². The molecule has 1 heterocycles. The van der Waals surface area contributed by atoms with Gasteiger partial charge in [0.15, 0.2) is 0 Å². The monoisotopic (exact) mass is 458 g/mol. The van der Waals surface area contributed by atoms with Crippen LogP contribution in [0.5, 0.6) is 0 Å². The molecule has 0 aliphatic carbocycles. The number of hydrogen-bond donors (Lipinski definition) is 6. The summed E-state index contributed by atoms with van der Waals surface area (Å²) in [6, 6.07) is -4.75. The van der Waals surface area contributed by atoms with Crippen molar-refractivity contribution in [1.82, 2.24) is 15.5 Å². The lowest BCUT2D eigenvalue weighted by Crippen LogP contribution is -2.60. The van der Waals surface area contributed by atoms with Crippen molar-refractivity contribution in [3.8, 4) is 0 Å². The minimum Gasteiger partial charge on any atom is -0.481 e. The Bertz CT molecular complexity index is 714. The van der Waals surface area contributed by atoms with Gasteiger partial charge in [0.1, 0.15) is 18.1 Å². The largest absolute Gasteiger partial charge is 0.481 e. The van der Waals surface area contributed by atoms with Crippen LogP contribution in [0.1, 0.15) is 52.9 Å². The van der Waals surface area contributed by atoms with E-state index in [-0.39, 0.29) is 25.3 Å². The second kappa shape index (κ2) is 12.3. The Morgan fingerprint density at radius 2 is 1.72 bits per heavy atom. The first kappa shape index (κ1) is 27.3.